The van der Waals surface area contributed by atoms with Gasteiger partial charge in [0.2, 0.25) is 0 Å². The Balaban J connectivity index is 3.02. The van der Waals surface area contributed by atoms with Gasteiger partial charge in [-0.05, 0) is 38.0 Å². The number of benzene rings is 1. The fourth-order valence-corrected chi connectivity index (χ4v) is 2.61. The van der Waals surface area contributed by atoms with Gasteiger partial charge in [-0.1, -0.05) is 29.8 Å². The minimum Gasteiger partial charge on any atom is -0.336 e. The van der Waals surface area contributed by atoms with Crippen LogP contribution in [0.4, 0.5) is 0 Å². The molecule has 0 atom stereocenters. The van der Waals surface area contributed by atoms with Crippen molar-refractivity contribution in [1.82, 2.24) is 4.90 Å². The molecule has 18 heavy (non-hydrogen) atoms. The van der Waals surface area contributed by atoms with Crippen LogP contribution >= 0.6 is 28.6 Å². The van der Waals surface area contributed by atoms with Crippen LogP contribution in [-0.2, 0) is 0 Å². The molecule has 0 unspecified atom stereocenters. The van der Waals surface area contributed by atoms with Gasteiger partial charge in [-0.3, -0.25) is 4.79 Å². The Kier molecular flexibility index (Phi) is 5.73. The second-order valence-electron chi connectivity index (χ2n) is 5.11. The Morgan fingerprint density at radius 2 is 1.94 bits per heavy atom. The molecule has 0 N–H and O–H groups in total. The molecule has 0 spiro atoms. The maximum Gasteiger partial charge on any atom is 0.255 e. The smallest absolute Gasteiger partial charge is 0.255 e. The molecule has 0 saturated carbocycles. The minimum atomic E-state index is 0.0520. The van der Waals surface area contributed by atoms with E-state index < -0.39 is 0 Å². The van der Waals surface area contributed by atoms with Crippen molar-refractivity contribution in [3.05, 3.63) is 28.2 Å². The molecule has 4 heteroatoms. The number of halogens is 1. The highest BCUT2D eigenvalue weighted by Gasteiger charge is 2.21. The van der Waals surface area contributed by atoms with Crippen LogP contribution in [0.25, 0.3) is 0 Å². The molecule has 2 nitrogen and oxygen atoms in total. The highest BCUT2D eigenvalue weighted by Crippen LogP contribution is 2.22. The van der Waals surface area contributed by atoms with E-state index in [9.17, 15) is 4.79 Å². The Morgan fingerprint density at radius 3 is 2.39 bits per heavy atom. The molecular weight excluding hydrogens is 310 g/mol. The molecule has 1 rings (SSSR count). The lowest BCUT2D eigenvalue weighted by Gasteiger charge is -2.29. The van der Waals surface area contributed by atoms with Gasteiger partial charge in [0.15, 0.2) is 0 Å². The molecule has 0 radical (unpaired) electrons. The summed E-state index contributed by atoms with van der Waals surface area (Å²) in [4.78, 5) is 15.1. The van der Waals surface area contributed by atoms with E-state index in [0.29, 0.717) is 16.4 Å². The van der Waals surface area contributed by atoms with Gasteiger partial charge >= 0.3 is 0 Å². The molecule has 0 heterocycles. The summed E-state index contributed by atoms with van der Waals surface area (Å²) in [6, 6.07) is 5.74. The van der Waals surface area contributed by atoms with Gasteiger partial charge in [0.05, 0.1) is 5.56 Å². The summed E-state index contributed by atoms with van der Waals surface area (Å²) in [5.74, 6) is 0.506. The van der Waals surface area contributed by atoms with Gasteiger partial charge in [0.1, 0.15) is 0 Å². The highest BCUT2D eigenvalue weighted by molar-refractivity contribution is 9.10. The van der Waals surface area contributed by atoms with Crippen LogP contribution in [0.1, 0.15) is 38.1 Å². The first-order chi connectivity index (χ1) is 8.32. The molecular formula is C14H20BrNOS. The van der Waals surface area contributed by atoms with Crippen molar-refractivity contribution in [3.63, 3.8) is 0 Å². The first-order valence-electron chi connectivity index (χ1n) is 6.12. The Hall–Kier alpha value is -0.480. The second-order valence-corrected chi connectivity index (χ2v) is 6.50. The van der Waals surface area contributed by atoms with Crippen molar-refractivity contribution in [1.29, 1.82) is 0 Å². The zero-order valence-electron chi connectivity index (χ0n) is 11.3. The van der Waals surface area contributed by atoms with E-state index in [-0.39, 0.29) is 11.9 Å². The number of carbonyl (C=O) groups is 1. The summed E-state index contributed by atoms with van der Waals surface area (Å²) >= 11 is 7.76. The molecule has 0 fully saturated rings. The average molecular weight is 330 g/mol. The van der Waals surface area contributed by atoms with Crippen molar-refractivity contribution in [2.45, 2.75) is 38.6 Å². The maximum atomic E-state index is 12.5. The molecule has 1 aromatic carbocycles. The second kappa shape index (κ2) is 6.62. The summed E-state index contributed by atoms with van der Waals surface area (Å²) < 4.78 is 0.934. The fourth-order valence-electron chi connectivity index (χ4n) is 1.76. The molecule has 1 amide bonds. The molecule has 1 aromatic rings. The predicted molar refractivity (Wildman–Crippen MR) is 82.4 cm³/mol. The van der Waals surface area contributed by atoms with Crippen LogP contribution in [0.15, 0.2) is 27.6 Å². The molecule has 0 aliphatic rings. The standard InChI is InChI=1S/C14H20BrNOS/c1-9(2)8-16(10(3)4)14(17)12-6-5-11(15)7-13(12)18/h5-7,9-10,18H,8H2,1-4H3. The highest BCUT2D eigenvalue weighted by atomic mass is 79.9. The lowest BCUT2D eigenvalue weighted by molar-refractivity contribution is 0.0678. The number of nitrogens with zero attached hydrogens (tertiary/aromatic N) is 1. The average Bonchev–Trinajstić information content (AvgIpc) is 2.24. The number of hydrogen-bond donors (Lipinski definition) is 1. The van der Waals surface area contributed by atoms with Crippen LogP contribution in [0, 0.1) is 5.92 Å². The van der Waals surface area contributed by atoms with Crippen molar-refractivity contribution in [2.24, 2.45) is 5.92 Å². The third-order valence-corrected chi connectivity index (χ3v) is 3.50. The summed E-state index contributed by atoms with van der Waals surface area (Å²) in [5, 5.41) is 0. The number of rotatable bonds is 4. The number of hydrogen-bond acceptors (Lipinski definition) is 2. The third-order valence-electron chi connectivity index (χ3n) is 2.64. The van der Waals surface area contributed by atoms with E-state index in [4.69, 9.17) is 0 Å². The minimum absolute atomic E-state index is 0.0520. The van der Waals surface area contributed by atoms with Crippen LogP contribution in [-0.4, -0.2) is 23.4 Å². The van der Waals surface area contributed by atoms with Gasteiger partial charge in [0.25, 0.3) is 5.91 Å². The number of carbonyl (C=O) groups excluding carboxylic acids is 1. The van der Waals surface area contributed by atoms with Gasteiger partial charge in [-0.2, -0.15) is 0 Å². The molecule has 0 aliphatic carbocycles. The summed E-state index contributed by atoms with van der Waals surface area (Å²) in [6.45, 7) is 9.08. The Labute approximate surface area is 123 Å². The summed E-state index contributed by atoms with van der Waals surface area (Å²) in [5.41, 5.74) is 0.663. The van der Waals surface area contributed by atoms with Gasteiger partial charge in [-0.25, -0.2) is 0 Å². The van der Waals surface area contributed by atoms with Crippen LogP contribution in [0.3, 0.4) is 0 Å². The lowest BCUT2D eigenvalue weighted by atomic mass is 10.1. The Morgan fingerprint density at radius 1 is 1.33 bits per heavy atom. The maximum absolute atomic E-state index is 12.5. The van der Waals surface area contributed by atoms with E-state index in [0.717, 1.165) is 11.0 Å². The molecule has 0 aromatic heterocycles. The van der Waals surface area contributed by atoms with E-state index in [1.165, 1.54) is 0 Å². The van der Waals surface area contributed by atoms with Gasteiger partial charge in [-0.15, -0.1) is 12.6 Å². The van der Waals surface area contributed by atoms with Crippen molar-refractivity contribution in [2.75, 3.05) is 6.54 Å². The topological polar surface area (TPSA) is 20.3 Å². The van der Waals surface area contributed by atoms with Crippen molar-refractivity contribution >= 4 is 34.5 Å². The Bertz CT molecular complexity index is 432. The zero-order valence-corrected chi connectivity index (χ0v) is 13.8. The first kappa shape index (κ1) is 15.6. The third kappa shape index (κ3) is 4.02. The van der Waals surface area contributed by atoms with Crippen molar-refractivity contribution in [3.8, 4) is 0 Å². The van der Waals surface area contributed by atoms with E-state index in [1.54, 1.807) is 0 Å². The summed E-state index contributed by atoms with van der Waals surface area (Å²) in [6.07, 6.45) is 0. The fraction of sp³-hybridized carbons (Fsp3) is 0.500. The number of thiol groups is 1. The normalized spacial score (nSPS) is 11.1. The molecule has 0 saturated heterocycles. The van der Waals surface area contributed by atoms with Crippen LogP contribution < -0.4 is 0 Å². The molecule has 0 aliphatic heterocycles. The van der Waals surface area contributed by atoms with Crippen LogP contribution in [0.2, 0.25) is 0 Å². The van der Waals surface area contributed by atoms with Gasteiger partial charge in [0, 0.05) is 22.0 Å². The lowest BCUT2D eigenvalue weighted by Crippen LogP contribution is -2.39. The monoisotopic (exact) mass is 329 g/mol. The quantitative estimate of drug-likeness (QED) is 0.819. The summed E-state index contributed by atoms with van der Waals surface area (Å²) in [7, 11) is 0. The zero-order chi connectivity index (χ0) is 13.9. The number of amides is 1. The molecule has 100 valence electrons. The van der Waals surface area contributed by atoms with Crippen LogP contribution in [0.5, 0.6) is 0 Å². The van der Waals surface area contributed by atoms with Gasteiger partial charge < -0.3 is 4.90 Å². The first-order valence-corrected chi connectivity index (χ1v) is 7.36. The predicted octanol–water partition coefficient (Wildman–Crippen LogP) is 4.24. The largest absolute Gasteiger partial charge is 0.336 e. The SMILES string of the molecule is CC(C)CN(C(=O)c1ccc(Br)cc1S)C(C)C. The van der Waals surface area contributed by atoms with E-state index in [1.807, 2.05) is 36.9 Å². The van der Waals surface area contributed by atoms with E-state index in [2.05, 4.69) is 42.4 Å². The van der Waals surface area contributed by atoms with Crippen molar-refractivity contribution < 1.29 is 4.79 Å². The molecule has 0 bridgehead atoms. The van der Waals surface area contributed by atoms with E-state index >= 15 is 0 Å².